The summed E-state index contributed by atoms with van der Waals surface area (Å²) < 4.78 is 25.1. The number of rotatable bonds is 7. The van der Waals surface area contributed by atoms with E-state index in [4.69, 9.17) is 14.2 Å². The lowest BCUT2D eigenvalue weighted by Gasteiger charge is -2.24. The van der Waals surface area contributed by atoms with E-state index in [1.807, 2.05) is 0 Å². The largest absolute Gasteiger partial charge is 0.472 e. The number of methoxy groups -OCH3 is 1. The molecule has 0 bridgehead atoms. The highest BCUT2D eigenvalue weighted by molar-refractivity contribution is 7.47. The molecule has 0 spiro atoms. The van der Waals surface area contributed by atoms with Crippen molar-refractivity contribution in [2.24, 2.45) is 0 Å². The van der Waals surface area contributed by atoms with Gasteiger partial charge in [-0.15, -0.1) is 0 Å². The van der Waals surface area contributed by atoms with E-state index in [2.05, 4.69) is 9.84 Å². The first-order valence-electron chi connectivity index (χ1n) is 4.20. The number of hydrogen-bond acceptors (Lipinski definition) is 5. The molecule has 0 amide bonds. The number of ether oxygens (including phenoxy) is 1. The van der Waals surface area contributed by atoms with Gasteiger partial charge >= 0.3 is 7.82 Å². The molecule has 3 unspecified atom stereocenters. The molecule has 86 valence electrons. The fraction of sp³-hybridized carbons (Fsp3) is 1.00. The van der Waals surface area contributed by atoms with E-state index in [1.165, 1.54) is 0 Å². The Morgan fingerprint density at radius 3 is 2.43 bits per heavy atom. The molecule has 0 aromatic heterocycles. The zero-order valence-electron chi connectivity index (χ0n) is 8.89. The van der Waals surface area contributed by atoms with E-state index in [0.29, 0.717) is 6.61 Å². The number of hydrogen-bond donors (Lipinski definition) is 2. The first-order chi connectivity index (χ1) is 6.46. The Morgan fingerprint density at radius 2 is 2.07 bits per heavy atom. The highest BCUT2D eigenvalue weighted by Crippen LogP contribution is 2.43. The van der Waals surface area contributed by atoms with Gasteiger partial charge in [-0.05, 0) is 14.0 Å². The van der Waals surface area contributed by atoms with Crippen LogP contribution in [0.25, 0.3) is 0 Å². The van der Waals surface area contributed by atoms with Gasteiger partial charge in [0, 0.05) is 14.2 Å². The predicted octanol–water partition coefficient (Wildman–Crippen LogP) is 0.373. The smallest absolute Gasteiger partial charge is 0.383 e. The predicted molar refractivity (Wildman–Crippen MR) is 52.1 cm³/mol. The maximum absolute atomic E-state index is 11.1. The normalized spacial score (nSPS) is 20.1. The van der Waals surface area contributed by atoms with Crippen LogP contribution in [0.5, 0.6) is 0 Å². The summed E-state index contributed by atoms with van der Waals surface area (Å²) in [5, 5.41) is 2.91. The summed E-state index contributed by atoms with van der Waals surface area (Å²) in [7, 11) is 0.476. The lowest BCUT2D eigenvalue weighted by molar-refractivity contribution is 0.0690. The van der Waals surface area contributed by atoms with Crippen molar-refractivity contribution in [1.29, 1.82) is 0 Å². The van der Waals surface area contributed by atoms with Gasteiger partial charge < -0.3 is 14.9 Å². The average Bonchev–Trinajstić information content (AvgIpc) is 2.13. The molecule has 0 rings (SSSR count). The zero-order chi connectivity index (χ0) is 11.2. The summed E-state index contributed by atoms with van der Waals surface area (Å²) in [6.07, 6.45) is -0.476. The first-order valence-corrected chi connectivity index (χ1v) is 5.69. The molecule has 0 aliphatic carbocycles. The second-order valence-electron chi connectivity index (χ2n) is 2.81. The van der Waals surface area contributed by atoms with Crippen LogP contribution >= 0.6 is 7.82 Å². The van der Waals surface area contributed by atoms with Crippen LogP contribution in [0.3, 0.4) is 0 Å². The average molecular weight is 227 g/mol. The van der Waals surface area contributed by atoms with Crippen LogP contribution in [0.15, 0.2) is 0 Å². The van der Waals surface area contributed by atoms with Gasteiger partial charge in [0.05, 0.1) is 18.8 Å². The van der Waals surface area contributed by atoms with Crippen molar-refractivity contribution in [2.45, 2.75) is 19.1 Å². The Hall–Kier alpha value is 0.0300. The zero-order valence-corrected chi connectivity index (χ0v) is 9.78. The van der Waals surface area contributed by atoms with E-state index in [-0.39, 0.29) is 6.04 Å². The lowest BCUT2D eigenvalue weighted by atomic mass is 10.2. The Labute approximate surface area is 84.2 Å². The van der Waals surface area contributed by atoms with Crippen LogP contribution in [0.4, 0.5) is 0 Å². The lowest BCUT2D eigenvalue weighted by Crippen LogP contribution is -2.40. The molecule has 0 saturated carbocycles. The van der Waals surface area contributed by atoms with Crippen LogP contribution < -0.4 is 5.32 Å². The van der Waals surface area contributed by atoms with Gasteiger partial charge in [0.2, 0.25) is 0 Å². The minimum atomic E-state index is -3.92. The van der Waals surface area contributed by atoms with Gasteiger partial charge in [-0.3, -0.25) is 9.05 Å². The third-order valence-corrected chi connectivity index (χ3v) is 2.87. The number of nitrogens with one attached hydrogen (secondary N) is 1. The summed E-state index contributed by atoms with van der Waals surface area (Å²) in [5.41, 5.74) is 0. The Bertz CT molecular complexity index is 201. The number of likely N-dealkylation sites (N-methyl/N-ethyl adjacent to an activating group) is 1. The summed E-state index contributed by atoms with van der Waals surface area (Å²) in [5.74, 6) is 0. The standard InChI is InChI=1S/C7H18NO5P/c1-6(7(8-2)5-11-3)13-14(9,10)12-4/h6-8H,5H2,1-4H3,(H,9,10). The summed E-state index contributed by atoms with van der Waals surface area (Å²) >= 11 is 0. The maximum atomic E-state index is 11.1. The van der Waals surface area contributed by atoms with Crippen molar-refractivity contribution < 1.29 is 23.2 Å². The monoisotopic (exact) mass is 227 g/mol. The van der Waals surface area contributed by atoms with E-state index in [1.54, 1.807) is 21.1 Å². The fourth-order valence-corrected chi connectivity index (χ4v) is 1.61. The van der Waals surface area contributed by atoms with Crippen molar-refractivity contribution in [3.8, 4) is 0 Å². The molecule has 0 aromatic carbocycles. The first kappa shape index (κ1) is 14.0. The summed E-state index contributed by atoms with van der Waals surface area (Å²) in [4.78, 5) is 9.05. The molecule has 0 aliphatic rings. The third-order valence-electron chi connectivity index (χ3n) is 1.81. The second kappa shape index (κ2) is 6.50. The molecule has 7 heteroatoms. The van der Waals surface area contributed by atoms with Gasteiger partial charge in [-0.25, -0.2) is 4.57 Å². The van der Waals surface area contributed by atoms with E-state index < -0.39 is 13.9 Å². The number of phosphoric ester groups is 1. The minimum absolute atomic E-state index is 0.157. The topological polar surface area (TPSA) is 77.0 Å². The van der Waals surface area contributed by atoms with Gasteiger partial charge in [-0.2, -0.15) is 0 Å². The van der Waals surface area contributed by atoms with Crippen LogP contribution in [-0.4, -0.2) is 44.9 Å². The van der Waals surface area contributed by atoms with Crippen molar-refractivity contribution in [3.05, 3.63) is 0 Å². The van der Waals surface area contributed by atoms with Crippen molar-refractivity contribution in [1.82, 2.24) is 5.32 Å². The van der Waals surface area contributed by atoms with Crippen LogP contribution in [0, 0.1) is 0 Å². The maximum Gasteiger partial charge on any atom is 0.472 e. The van der Waals surface area contributed by atoms with Gasteiger partial charge in [0.15, 0.2) is 0 Å². The highest BCUT2D eigenvalue weighted by atomic mass is 31.2. The summed E-state index contributed by atoms with van der Waals surface area (Å²) in [6, 6.07) is -0.157. The Balaban J connectivity index is 4.16. The quantitative estimate of drug-likeness (QED) is 0.612. The molecule has 3 atom stereocenters. The van der Waals surface area contributed by atoms with Crippen LogP contribution in [-0.2, 0) is 18.3 Å². The van der Waals surface area contributed by atoms with Crippen molar-refractivity contribution >= 4 is 7.82 Å². The van der Waals surface area contributed by atoms with Gasteiger partial charge in [0.1, 0.15) is 0 Å². The Kier molecular flexibility index (Phi) is 6.52. The molecule has 0 saturated heterocycles. The minimum Gasteiger partial charge on any atom is -0.383 e. The third kappa shape index (κ3) is 5.05. The van der Waals surface area contributed by atoms with Gasteiger partial charge in [0.25, 0.3) is 0 Å². The highest BCUT2D eigenvalue weighted by Gasteiger charge is 2.26. The second-order valence-corrected chi connectivity index (χ2v) is 4.33. The van der Waals surface area contributed by atoms with Crippen LogP contribution in [0.2, 0.25) is 0 Å². The summed E-state index contributed by atoms with van der Waals surface area (Å²) in [6.45, 7) is 2.06. The van der Waals surface area contributed by atoms with Gasteiger partial charge in [-0.1, -0.05) is 0 Å². The Morgan fingerprint density at radius 1 is 1.50 bits per heavy atom. The molecule has 14 heavy (non-hydrogen) atoms. The van der Waals surface area contributed by atoms with Crippen molar-refractivity contribution in [3.63, 3.8) is 0 Å². The molecule has 0 fully saturated rings. The molecule has 0 aromatic rings. The van der Waals surface area contributed by atoms with E-state index >= 15 is 0 Å². The van der Waals surface area contributed by atoms with Crippen molar-refractivity contribution in [2.75, 3.05) is 27.9 Å². The SMILES string of the molecule is CNC(COC)C(C)OP(=O)(O)OC. The molecular weight excluding hydrogens is 209 g/mol. The molecule has 0 radical (unpaired) electrons. The molecule has 2 N–H and O–H groups in total. The van der Waals surface area contributed by atoms with Crippen LogP contribution in [0.1, 0.15) is 6.92 Å². The van der Waals surface area contributed by atoms with E-state index in [0.717, 1.165) is 7.11 Å². The fourth-order valence-electron chi connectivity index (χ4n) is 0.960. The molecule has 6 nitrogen and oxygen atoms in total. The molecule has 0 aliphatic heterocycles. The number of phosphoric acid groups is 1. The molecule has 0 heterocycles. The molecular formula is C7H18NO5P. The van der Waals surface area contributed by atoms with E-state index in [9.17, 15) is 4.57 Å².